The van der Waals surface area contributed by atoms with Gasteiger partial charge in [-0.25, -0.2) is 0 Å². The maximum absolute atomic E-state index is 9.62. The summed E-state index contributed by atoms with van der Waals surface area (Å²) in [4.78, 5) is 0. The normalized spacial score (nSPS) is 12.4. The summed E-state index contributed by atoms with van der Waals surface area (Å²) in [6.07, 6.45) is 1.86. The van der Waals surface area contributed by atoms with E-state index in [-0.39, 0.29) is 0 Å². The average Bonchev–Trinajstić information content (AvgIpc) is 2.58. The molecule has 0 radical (unpaired) electrons. The summed E-state index contributed by atoms with van der Waals surface area (Å²) in [6, 6.07) is 19.0. The lowest BCUT2D eigenvalue weighted by Gasteiger charge is -2.19. The third-order valence-electron chi connectivity index (χ3n) is 4.08. The predicted molar refractivity (Wildman–Crippen MR) is 103 cm³/mol. The molecule has 24 heavy (non-hydrogen) atoms. The van der Waals surface area contributed by atoms with Crippen molar-refractivity contribution in [3.8, 4) is 6.07 Å². The van der Waals surface area contributed by atoms with Crippen LogP contribution in [0.2, 0.25) is 0 Å². The van der Waals surface area contributed by atoms with Crippen molar-refractivity contribution in [2.45, 2.75) is 27.7 Å². The molecule has 0 unspecified atom stereocenters. The van der Waals surface area contributed by atoms with Crippen molar-refractivity contribution in [3.63, 3.8) is 0 Å². The lowest BCUT2D eigenvalue weighted by atomic mass is 9.84. The van der Waals surface area contributed by atoms with Crippen molar-refractivity contribution in [2.75, 3.05) is 0 Å². The molecule has 0 atom stereocenters. The number of hydrogen-bond acceptors (Lipinski definition) is 1. The Hall–Kier alpha value is -2.85. The minimum Gasteiger partial charge on any atom is -0.192 e. The molecule has 0 amide bonds. The second-order valence-corrected chi connectivity index (χ2v) is 6.03. The van der Waals surface area contributed by atoms with Crippen molar-refractivity contribution < 1.29 is 0 Å². The van der Waals surface area contributed by atoms with Gasteiger partial charge in [0.2, 0.25) is 0 Å². The van der Waals surface area contributed by atoms with Gasteiger partial charge in [-0.1, -0.05) is 66.7 Å². The van der Waals surface area contributed by atoms with Crippen LogP contribution in [0.1, 0.15) is 36.1 Å². The molecule has 0 aliphatic rings. The summed E-state index contributed by atoms with van der Waals surface area (Å²) in [7, 11) is 0. The van der Waals surface area contributed by atoms with Crippen LogP contribution in [0.15, 0.2) is 77.9 Å². The van der Waals surface area contributed by atoms with Crippen molar-refractivity contribution in [1.82, 2.24) is 0 Å². The molecular formula is C23H23N. The largest absolute Gasteiger partial charge is 0.192 e. The fourth-order valence-electron chi connectivity index (χ4n) is 2.89. The Labute approximate surface area is 145 Å². The zero-order valence-electron chi connectivity index (χ0n) is 14.9. The molecule has 0 saturated heterocycles. The minimum atomic E-state index is 0.655. The molecular weight excluding hydrogens is 290 g/mol. The smallest absolute Gasteiger partial charge is 0.0994 e. The summed E-state index contributed by atoms with van der Waals surface area (Å²) in [5.74, 6) is 0. The second-order valence-electron chi connectivity index (χ2n) is 6.03. The van der Waals surface area contributed by atoms with Gasteiger partial charge in [0.05, 0.1) is 11.6 Å². The third-order valence-corrected chi connectivity index (χ3v) is 4.08. The first-order chi connectivity index (χ1) is 11.5. The van der Waals surface area contributed by atoms with E-state index in [0.717, 1.165) is 27.8 Å². The number of allylic oxidation sites excluding steroid dienone is 4. The van der Waals surface area contributed by atoms with Crippen molar-refractivity contribution in [3.05, 3.63) is 100 Å². The quantitative estimate of drug-likeness (QED) is 0.490. The minimum absolute atomic E-state index is 0.655. The fourth-order valence-corrected chi connectivity index (χ4v) is 2.89. The summed E-state index contributed by atoms with van der Waals surface area (Å²) in [5.41, 5.74) is 8.16. The Kier molecular flexibility index (Phi) is 5.55. The SMILES string of the molecule is C=C(C)/C(C(C#N)=CC)=C(/c1ccccc1)c1cc(C)ccc1C. The molecule has 0 N–H and O–H groups in total. The topological polar surface area (TPSA) is 23.8 Å². The number of nitriles is 1. The molecule has 0 bridgehead atoms. The monoisotopic (exact) mass is 313 g/mol. The van der Waals surface area contributed by atoms with Gasteiger partial charge in [0.1, 0.15) is 0 Å². The molecule has 1 nitrogen and oxygen atoms in total. The van der Waals surface area contributed by atoms with Gasteiger partial charge in [-0.2, -0.15) is 5.26 Å². The van der Waals surface area contributed by atoms with E-state index in [4.69, 9.17) is 0 Å². The summed E-state index contributed by atoms with van der Waals surface area (Å²) < 4.78 is 0. The standard InChI is InChI=1S/C23H23N/c1-6-19(15-24)22(16(2)3)23(20-10-8-7-9-11-20)21-14-17(4)12-13-18(21)5/h6-14H,2H2,1,3-5H3/b19-6?,23-22+. The van der Waals surface area contributed by atoms with Gasteiger partial charge in [-0.05, 0) is 55.5 Å². The number of benzene rings is 2. The number of nitrogens with zero attached hydrogens (tertiary/aromatic N) is 1. The number of hydrogen-bond donors (Lipinski definition) is 0. The highest BCUT2D eigenvalue weighted by molar-refractivity contribution is 5.89. The summed E-state index contributed by atoms with van der Waals surface area (Å²) in [6.45, 7) is 12.2. The van der Waals surface area contributed by atoms with Gasteiger partial charge in [0, 0.05) is 5.57 Å². The molecule has 0 saturated carbocycles. The van der Waals surface area contributed by atoms with E-state index in [1.807, 2.05) is 38.1 Å². The highest BCUT2D eigenvalue weighted by Gasteiger charge is 2.17. The van der Waals surface area contributed by atoms with Crippen LogP contribution in [-0.2, 0) is 0 Å². The molecule has 0 spiro atoms. The Bertz CT molecular complexity index is 859. The molecule has 0 fully saturated rings. The zero-order valence-corrected chi connectivity index (χ0v) is 14.9. The fraction of sp³-hybridized carbons (Fsp3) is 0.174. The van der Waals surface area contributed by atoms with E-state index in [1.165, 1.54) is 11.1 Å². The Balaban J connectivity index is 2.96. The van der Waals surface area contributed by atoms with E-state index < -0.39 is 0 Å². The molecule has 120 valence electrons. The molecule has 1 heteroatoms. The van der Waals surface area contributed by atoms with E-state index in [2.05, 4.69) is 56.8 Å². The Morgan fingerprint density at radius 1 is 1.08 bits per heavy atom. The maximum atomic E-state index is 9.62. The van der Waals surface area contributed by atoms with Crippen molar-refractivity contribution >= 4 is 5.57 Å². The van der Waals surface area contributed by atoms with Gasteiger partial charge >= 0.3 is 0 Å². The summed E-state index contributed by atoms with van der Waals surface area (Å²) in [5, 5.41) is 9.62. The van der Waals surface area contributed by atoms with Crippen LogP contribution < -0.4 is 0 Å². The average molecular weight is 313 g/mol. The van der Waals surface area contributed by atoms with Crippen LogP contribution in [0.3, 0.4) is 0 Å². The Morgan fingerprint density at radius 3 is 2.29 bits per heavy atom. The van der Waals surface area contributed by atoms with Crippen molar-refractivity contribution in [1.29, 1.82) is 5.26 Å². The Morgan fingerprint density at radius 2 is 1.75 bits per heavy atom. The van der Waals surface area contributed by atoms with E-state index in [0.29, 0.717) is 5.57 Å². The van der Waals surface area contributed by atoms with Crippen LogP contribution in [-0.4, -0.2) is 0 Å². The predicted octanol–water partition coefficient (Wildman–Crippen LogP) is 6.15. The lowest BCUT2D eigenvalue weighted by molar-refractivity contribution is 1.32. The van der Waals surface area contributed by atoms with E-state index in [9.17, 15) is 5.26 Å². The molecule has 0 aliphatic carbocycles. The maximum Gasteiger partial charge on any atom is 0.0994 e. The first-order valence-electron chi connectivity index (χ1n) is 8.09. The van der Waals surface area contributed by atoms with Crippen LogP contribution in [0.4, 0.5) is 0 Å². The van der Waals surface area contributed by atoms with Gasteiger partial charge in [0.25, 0.3) is 0 Å². The van der Waals surface area contributed by atoms with Crippen LogP contribution in [0, 0.1) is 25.2 Å². The number of rotatable bonds is 4. The zero-order chi connectivity index (χ0) is 17.7. The van der Waals surface area contributed by atoms with E-state index in [1.54, 1.807) is 0 Å². The lowest BCUT2D eigenvalue weighted by Crippen LogP contribution is -2.01. The van der Waals surface area contributed by atoms with Crippen LogP contribution in [0.5, 0.6) is 0 Å². The molecule has 2 aromatic carbocycles. The van der Waals surface area contributed by atoms with Gasteiger partial charge in [0.15, 0.2) is 0 Å². The van der Waals surface area contributed by atoms with Gasteiger partial charge < -0.3 is 0 Å². The second kappa shape index (κ2) is 7.62. The molecule has 2 rings (SSSR count). The first kappa shape index (κ1) is 17.5. The van der Waals surface area contributed by atoms with Gasteiger partial charge in [-0.3, -0.25) is 0 Å². The molecule has 0 heterocycles. The van der Waals surface area contributed by atoms with Crippen LogP contribution in [0.25, 0.3) is 5.57 Å². The highest BCUT2D eigenvalue weighted by Crippen LogP contribution is 2.35. The highest BCUT2D eigenvalue weighted by atomic mass is 14.3. The molecule has 0 aromatic heterocycles. The van der Waals surface area contributed by atoms with Crippen molar-refractivity contribution in [2.24, 2.45) is 0 Å². The molecule has 0 aliphatic heterocycles. The van der Waals surface area contributed by atoms with Crippen LogP contribution >= 0.6 is 0 Å². The molecule has 2 aromatic rings. The van der Waals surface area contributed by atoms with E-state index >= 15 is 0 Å². The van der Waals surface area contributed by atoms with Gasteiger partial charge in [-0.15, -0.1) is 0 Å². The number of aryl methyl sites for hydroxylation is 2. The first-order valence-corrected chi connectivity index (χ1v) is 8.09. The summed E-state index contributed by atoms with van der Waals surface area (Å²) >= 11 is 0. The third kappa shape index (κ3) is 3.55.